The van der Waals surface area contributed by atoms with E-state index in [-0.39, 0.29) is 0 Å². The molecule has 4 heteroatoms. The number of hydrogen-bond acceptors (Lipinski definition) is 3. The Bertz CT molecular complexity index is 425. The molecule has 1 aliphatic carbocycles. The van der Waals surface area contributed by atoms with Crippen molar-refractivity contribution in [3.05, 3.63) is 29.8 Å². The summed E-state index contributed by atoms with van der Waals surface area (Å²) in [5.41, 5.74) is 3.85. The van der Waals surface area contributed by atoms with Crippen molar-refractivity contribution < 1.29 is 4.74 Å². The molecule has 1 aliphatic rings. The molecule has 0 aromatic heterocycles. The van der Waals surface area contributed by atoms with Gasteiger partial charge in [-0.1, -0.05) is 37.5 Å². The molecule has 0 bridgehead atoms. The molecule has 19 heavy (non-hydrogen) atoms. The zero-order chi connectivity index (χ0) is 13.5. The molecule has 3 N–H and O–H groups in total. The van der Waals surface area contributed by atoms with Crippen LogP contribution in [0, 0.1) is 0 Å². The fourth-order valence-electron chi connectivity index (χ4n) is 2.59. The minimum Gasteiger partial charge on any atom is -0.496 e. The highest BCUT2D eigenvalue weighted by atomic mass is 16.5. The standard InChI is InChI=1S/C15H23N3O/c1-19-14-10-6-5-7-12(14)11-15(18-16)17-13-8-3-2-4-9-13/h5-7,10,13H,2-4,8-9,11,16H2,1H3,(H,17,18). The second-order valence-electron chi connectivity index (χ2n) is 5.00. The summed E-state index contributed by atoms with van der Waals surface area (Å²) in [6, 6.07) is 8.41. The Morgan fingerprint density at radius 1 is 1.32 bits per heavy atom. The van der Waals surface area contributed by atoms with Gasteiger partial charge >= 0.3 is 0 Å². The molecule has 104 valence electrons. The highest BCUT2D eigenvalue weighted by molar-refractivity contribution is 5.84. The maximum absolute atomic E-state index is 5.61. The van der Waals surface area contributed by atoms with E-state index in [1.54, 1.807) is 7.11 Å². The second kappa shape index (κ2) is 7.14. The average molecular weight is 261 g/mol. The summed E-state index contributed by atoms with van der Waals surface area (Å²) in [4.78, 5) is 4.75. The van der Waals surface area contributed by atoms with Gasteiger partial charge in [-0.25, -0.2) is 5.84 Å². The van der Waals surface area contributed by atoms with Crippen molar-refractivity contribution in [3.63, 3.8) is 0 Å². The smallest absolute Gasteiger partial charge is 0.122 e. The summed E-state index contributed by atoms with van der Waals surface area (Å²) in [5, 5.41) is 0. The van der Waals surface area contributed by atoms with Gasteiger partial charge in [0.05, 0.1) is 13.2 Å². The minimum atomic E-state index is 0.425. The number of rotatable bonds is 4. The van der Waals surface area contributed by atoms with Crippen molar-refractivity contribution in [2.24, 2.45) is 10.8 Å². The molecule has 0 saturated heterocycles. The molecule has 1 aromatic carbocycles. The third kappa shape index (κ3) is 3.96. The molecule has 0 unspecified atom stereocenters. The van der Waals surface area contributed by atoms with Crippen LogP contribution in [0.15, 0.2) is 29.3 Å². The fraction of sp³-hybridized carbons (Fsp3) is 0.533. The summed E-state index contributed by atoms with van der Waals surface area (Å²) in [5.74, 6) is 7.34. The molecule has 0 heterocycles. The monoisotopic (exact) mass is 261 g/mol. The first-order valence-electron chi connectivity index (χ1n) is 6.98. The molecule has 0 aliphatic heterocycles. The van der Waals surface area contributed by atoms with E-state index in [4.69, 9.17) is 15.6 Å². The van der Waals surface area contributed by atoms with Gasteiger partial charge in [0.25, 0.3) is 0 Å². The fourth-order valence-corrected chi connectivity index (χ4v) is 2.59. The predicted molar refractivity (Wildman–Crippen MR) is 78.3 cm³/mol. The number of methoxy groups -OCH3 is 1. The molecular formula is C15H23N3O. The Labute approximate surface area is 115 Å². The largest absolute Gasteiger partial charge is 0.496 e. The van der Waals surface area contributed by atoms with E-state index in [0.717, 1.165) is 17.1 Å². The highest BCUT2D eigenvalue weighted by Crippen LogP contribution is 2.22. The van der Waals surface area contributed by atoms with Crippen LogP contribution in [-0.2, 0) is 6.42 Å². The Balaban J connectivity index is 2.07. The van der Waals surface area contributed by atoms with Crippen LogP contribution in [0.4, 0.5) is 0 Å². The zero-order valence-corrected chi connectivity index (χ0v) is 11.6. The first kappa shape index (κ1) is 13.9. The third-order valence-corrected chi connectivity index (χ3v) is 3.63. The topological polar surface area (TPSA) is 59.6 Å². The molecule has 0 radical (unpaired) electrons. The summed E-state index contributed by atoms with van der Waals surface area (Å²) >= 11 is 0. The maximum atomic E-state index is 5.61. The predicted octanol–water partition coefficient (Wildman–Crippen LogP) is 2.43. The van der Waals surface area contributed by atoms with Gasteiger partial charge in [-0.2, -0.15) is 0 Å². The van der Waals surface area contributed by atoms with E-state index in [0.29, 0.717) is 12.5 Å². The van der Waals surface area contributed by atoms with Gasteiger partial charge in [0.2, 0.25) is 0 Å². The number of hydrogen-bond donors (Lipinski definition) is 2. The van der Waals surface area contributed by atoms with Crippen molar-refractivity contribution >= 4 is 5.84 Å². The first-order valence-corrected chi connectivity index (χ1v) is 6.98. The number of benzene rings is 1. The molecule has 1 saturated carbocycles. The van der Waals surface area contributed by atoms with Gasteiger partial charge in [-0.05, 0) is 18.9 Å². The summed E-state index contributed by atoms with van der Waals surface area (Å²) < 4.78 is 5.36. The van der Waals surface area contributed by atoms with E-state index in [2.05, 4.69) is 5.43 Å². The zero-order valence-electron chi connectivity index (χ0n) is 11.6. The molecule has 0 atom stereocenters. The summed E-state index contributed by atoms with van der Waals surface area (Å²) in [6.07, 6.45) is 6.94. The van der Waals surface area contributed by atoms with Gasteiger partial charge in [-0.3, -0.25) is 4.99 Å². The Morgan fingerprint density at radius 2 is 2.05 bits per heavy atom. The molecule has 1 aromatic rings. The number of ether oxygens (including phenoxy) is 1. The highest BCUT2D eigenvalue weighted by Gasteiger charge is 2.13. The Kier molecular flexibility index (Phi) is 5.21. The first-order chi connectivity index (χ1) is 9.33. The van der Waals surface area contributed by atoms with E-state index >= 15 is 0 Å². The van der Waals surface area contributed by atoms with Gasteiger partial charge in [0.1, 0.15) is 11.6 Å². The van der Waals surface area contributed by atoms with Crippen LogP contribution >= 0.6 is 0 Å². The third-order valence-electron chi connectivity index (χ3n) is 3.63. The van der Waals surface area contributed by atoms with Crippen molar-refractivity contribution in [1.82, 2.24) is 5.43 Å². The van der Waals surface area contributed by atoms with Crippen LogP contribution in [0.25, 0.3) is 0 Å². The lowest BCUT2D eigenvalue weighted by molar-refractivity contribution is 0.410. The van der Waals surface area contributed by atoms with Crippen LogP contribution in [0.2, 0.25) is 0 Å². The lowest BCUT2D eigenvalue weighted by Gasteiger charge is -2.19. The molecule has 0 amide bonds. The van der Waals surface area contributed by atoms with Gasteiger partial charge in [0, 0.05) is 12.0 Å². The molecule has 2 rings (SSSR count). The van der Waals surface area contributed by atoms with E-state index in [9.17, 15) is 0 Å². The van der Waals surface area contributed by atoms with Crippen LogP contribution in [-0.4, -0.2) is 19.0 Å². The maximum Gasteiger partial charge on any atom is 0.122 e. The number of nitrogens with two attached hydrogens (primary N) is 1. The number of hydrazine groups is 1. The van der Waals surface area contributed by atoms with Crippen LogP contribution in [0.3, 0.4) is 0 Å². The van der Waals surface area contributed by atoms with E-state index in [1.807, 2.05) is 24.3 Å². The Morgan fingerprint density at radius 3 is 2.74 bits per heavy atom. The summed E-state index contributed by atoms with van der Waals surface area (Å²) in [6.45, 7) is 0. The van der Waals surface area contributed by atoms with Crippen molar-refractivity contribution in [3.8, 4) is 5.75 Å². The number of para-hydroxylation sites is 1. The normalized spacial score (nSPS) is 17.3. The summed E-state index contributed by atoms with van der Waals surface area (Å²) in [7, 11) is 1.69. The second-order valence-corrected chi connectivity index (χ2v) is 5.00. The van der Waals surface area contributed by atoms with Gasteiger partial charge in [-0.15, -0.1) is 0 Å². The lowest BCUT2D eigenvalue weighted by Crippen LogP contribution is -2.33. The number of aliphatic imine (C=N–C) groups is 1. The molecule has 1 fully saturated rings. The molecule has 4 nitrogen and oxygen atoms in total. The van der Waals surface area contributed by atoms with Crippen molar-refractivity contribution in [1.29, 1.82) is 0 Å². The minimum absolute atomic E-state index is 0.425. The van der Waals surface area contributed by atoms with Gasteiger partial charge < -0.3 is 10.2 Å². The number of amidine groups is 1. The number of nitrogens with zero attached hydrogens (tertiary/aromatic N) is 1. The van der Waals surface area contributed by atoms with Crippen molar-refractivity contribution in [2.75, 3.05) is 7.11 Å². The number of nitrogens with one attached hydrogen (secondary N) is 1. The van der Waals surface area contributed by atoms with Gasteiger partial charge in [0.15, 0.2) is 0 Å². The van der Waals surface area contributed by atoms with E-state index < -0.39 is 0 Å². The quantitative estimate of drug-likeness (QED) is 0.379. The Hall–Kier alpha value is -1.55. The van der Waals surface area contributed by atoms with Crippen LogP contribution < -0.4 is 16.0 Å². The lowest BCUT2D eigenvalue weighted by atomic mass is 9.96. The average Bonchev–Trinajstić information content (AvgIpc) is 2.48. The van der Waals surface area contributed by atoms with Crippen LogP contribution in [0.5, 0.6) is 5.75 Å². The SMILES string of the molecule is COc1ccccc1CC(=NC1CCCCC1)NN. The molecular weight excluding hydrogens is 238 g/mol. The van der Waals surface area contributed by atoms with Crippen LogP contribution in [0.1, 0.15) is 37.7 Å². The van der Waals surface area contributed by atoms with Crippen molar-refractivity contribution in [2.45, 2.75) is 44.6 Å². The van der Waals surface area contributed by atoms with E-state index in [1.165, 1.54) is 32.1 Å². The molecule has 0 spiro atoms.